The lowest BCUT2D eigenvalue weighted by Crippen LogP contribution is -2.16. The summed E-state index contributed by atoms with van der Waals surface area (Å²) in [5.41, 5.74) is 7.83. The number of rotatable bonds is 6. The fourth-order valence-corrected chi connectivity index (χ4v) is 2.21. The molecule has 1 unspecified atom stereocenters. The van der Waals surface area contributed by atoms with Crippen LogP contribution in [0.2, 0.25) is 0 Å². The van der Waals surface area contributed by atoms with Gasteiger partial charge in [-0.25, -0.2) is 4.39 Å². The topological polar surface area (TPSA) is 35.2 Å². The van der Waals surface area contributed by atoms with Gasteiger partial charge in [0, 0.05) is 0 Å². The molecule has 1 atom stereocenters. The van der Waals surface area contributed by atoms with Gasteiger partial charge in [0.1, 0.15) is 11.6 Å². The molecule has 0 saturated heterocycles. The lowest BCUT2D eigenvalue weighted by Gasteiger charge is -2.16. The third-order valence-electron chi connectivity index (χ3n) is 3.42. The minimum Gasteiger partial charge on any atom is -0.493 e. The number of halogens is 1. The largest absolute Gasteiger partial charge is 0.493 e. The van der Waals surface area contributed by atoms with Gasteiger partial charge < -0.3 is 10.5 Å². The molecule has 0 spiro atoms. The van der Waals surface area contributed by atoms with Crippen LogP contribution in [-0.4, -0.2) is 13.2 Å². The van der Waals surface area contributed by atoms with Crippen molar-refractivity contribution in [2.24, 2.45) is 5.73 Å². The van der Waals surface area contributed by atoms with Crippen LogP contribution in [0.3, 0.4) is 0 Å². The van der Waals surface area contributed by atoms with Crippen molar-refractivity contribution in [1.82, 2.24) is 0 Å². The van der Waals surface area contributed by atoms with Crippen LogP contribution in [0, 0.1) is 12.7 Å². The molecule has 0 aliphatic carbocycles. The Balaban J connectivity index is 1.93. The minimum absolute atomic E-state index is 0.120. The Kier molecular flexibility index (Phi) is 5.13. The van der Waals surface area contributed by atoms with Crippen molar-refractivity contribution in [3.05, 3.63) is 65.5 Å². The fraction of sp³-hybridized carbons (Fsp3) is 0.294. The summed E-state index contributed by atoms with van der Waals surface area (Å²) in [5.74, 6) is 0.790. The Morgan fingerprint density at radius 3 is 2.65 bits per heavy atom. The number of aryl methyl sites for hydroxylation is 1. The minimum atomic E-state index is -0.222. The number of benzene rings is 2. The number of nitrogens with two attached hydrogens (primary N) is 1. The average molecular weight is 273 g/mol. The molecular formula is C17H20FNO. The van der Waals surface area contributed by atoms with Crippen LogP contribution in [0.15, 0.2) is 48.5 Å². The van der Waals surface area contributed by atoms with Crippen LogP contribution < -0.4 is 10.5 Å². The van der Waals surface area contributed by atoms with Crippen LogP contribution >= 0.6 is 0 Å². The molecule has 0 aliphatic heterocycles. The Morgan fingerprint density at radius 2 is 1.95 bits per heavy atom. The number of para-hydroxylation sites is 1. The lowest BCUT2D eigenvalue weighted by molar-refractivity contribution is 0.296. The van der Waals surface area contributed by atoms with Crippen molar-refractivity contribution >= 4 is 0 Å². The van der Waals surface area contributed by atoms with Gasteiger partial charge in [-0.1, -0.05) is 30.3 Å². The smallest absolute Gasteiger partial charge is 0.123 e. The summed E-state index contributed by atoms with van der Waals surface area (Å²) < 4.78 is 19.0. The van der Waals surface area contributed by atoms with Gasteiger partial charge in [0.15, 0.2) is 0 Å². The summed E-state index contributed by atoms with van der Waals surface area (Å²) >= 11 is 0. The highest BCUT2D eigenvalue weighted by Gasteiger charge is 2.11. The van der Waals surface area contributed by atoms with Crippen molar-refractivity contribution in [3.8, 4) is 5.75 Å². The van der Waals surface area contributed by atoms with E-state index in [4.69, 9.17) is 10.5 Å². The molecule has 2 rings (SSSR count). The maximum atomic E-state index is 13.2. The van der Waals surface area contributed by atoms with Gasteiger partial charge in [0.05, 0.1) is 6.61 Å². The van der Waals surface area contributed by atoms with E-state index >= 15 is 0 Å². The second-order valence-corrected chi connectivity index (χ2v) is 4.89. The molecule has 0 aromatic heterocycles. The zero-order chi connectivity index (χ0) is 14.4. The second kappa shape index (κ2) is 7.06. The average Bonchev–Trinajstić information content (AvgIpc) is 2.45. The fourth-order valence-electron chi connectivity index (χ4n) is 2.21. The van der Waals surface area contributed by atoms with E-state index in [9.17, 15) is 4.39 Å². The quantitative estimate of drug-likeness (QED) is 0.872. The molecule has 106 valence electrons. The van der Waals surface area contributed by atoms with Crippen LogP contribution in [0.25, 0.3) is 0 Å². The van der Waals surface area contributed by atoms with Crippen molar-refractivity contribution in [3.63, 3.8) is 0 Å². The second-order valence-electron chi connectivity index (χ2n) is 4.89. The molecule has 0 amide bonds. The summed E-state index contributed by atoms with van der Waals surface area (Å²) in [6.45, 7) is 3.08. The summed E-state index contributed by atoms with van der Waals surface area (Å²) in [5, 5.41) is 0. The Bertz CT molecular complexity index is 556. The first-order chi connectivity index (χ1) is 9.70. The molecule has 2 aromatic carbocycles. The molecule has 3 heteroatoms. The highest BCUT2D eigenvalue weighted by molar-refractivity contribution is 5.31. The lowest BCUT2D eigenvalue weighted by atomic mass is 9.96. The maximum Gasteiger partial charge on any atom is 0.123 e. The van der Waals surface area contributed by atoms with Crippen molar-refractivity contribution in [2.75, 3.05) is 13.2 Å². The molecule has 0 saturated carbocycles. The molecule has 2 nitrogen and oxygen atoms in total. The van der Waals surface area contributed by atoms with Crippen molar-refractivity contribution in [2.45, 2.75) is 19.3 Å². The van der Waals surface area contributed by atoms with E-state index in [-0.39, 0.29) is 11.7 Å². The Labute approximate surface area is 119 Å². The molecule has 0 aliphatic rings. The van der Waals surface area contributed by atoms with Crippen LogP contribution in [0.1, 0.15) is 23.5 Å². The van der Waals surface area contributed by atoms with E-state index < -0.39 is 0 Å². The van der Waals surface area contributed by atoms with E-state index in [1.807, 2.05) is 37.3 Å². The van der Waals surface area contributed by atoms with Crippen LogP contribution in [0.5, 0.6) is 5.75 Å². The van der Waals surface area contributed by atoms with Gasteiger partial charge in [-0.3, -0.25) is 0 Å². The van der Waals surface area contributed by atoms with Crippen molar-refractivity contribution in [1.29, 1.82) is 0 Å². The number of ether oxygens (including phenoxy) is 1. The molecule has 0 radical (unpaired) electrons. The third-order valence-corrected chi connectivity index (χ3v) is 3.42. The monoisotopic (exact) mass is 273 g/mol. The van der Waals surface area contributed by atoms with Gasteiger partial charge in [0.25, 0.3) is 0 Å². The number of hydrogen-bond donors (Lipinski definition) is 1. The number of hydrogen-bond acceptors (Lipinski definition) is 2. The van der Waals surface area contributed by atoms with Gasteiger partial charge in [0.2, 0.25) is 0 Å². The molecule has 20 heavy (non-hydrogen) atoms. The summed E-state index contributed by atoms with van der Waals surface area (Å²) in [7, 11) is 0. The van der Waals surface area contributed by atoms with Crippen molar-refractivity contribution < 1.29 is 9.13 Å². The van der Waals surface area contributed by atoms with E-state index in [0.29, 0.717) is 13.2 Å². The molecule has 2 N–H and O–H groups in total. The summed E-state index contributed by atoms with van der Waals surface area (Å²) in [6.07, 6.45) is 0.772. The SMILES string of the molecule is Cc1ccccc1OCCC(CN)c1cccc(F)c1. The van der Waals surface area contributed by atoms with Crippen LogP contribution in [0.4, 0.5) is 4.39 Å². The first kappa shape index (κ1) is 14.5. The van der Waals surface area contributed by atoms with E-state index in [0.717, 1.165) is 23.3 Å². The molecule has 0 heterocycles. The van der Waals surface area contributed by atoms with E-state index in [1.54, 1.807) is 12.1 Å². The summed E-state index contributed by atoms with van der Waals surface area (Å²) in [6, 6.07) is 14.5. The highest BCUT2D eigenvalue weighted by Crippen LogP contribution is 2.21. The van der Waals surface area contributed by atoms with Gasteiger partial charge in [-0.05, 0) is 55.1 Å². The standard InChI is InChI=1S/C17H20FNO/c1-13-5-2-3-8-17(13)20-10-9-15(12-19)14-6-4-7-16(18)11-14/h2-8,11,15H,9-10,12,19H2,1H3. The molecule has 2 aromatic rings. The molecular weight excluding hydrogens is 253 g/mol. The summed E-state index contributed by atoms with van der Waals surface area (Å²) in [4.78, 5) is 0. The molecule has 0 fully saturated rings. The molecule has 0 bridgehead atoms. The Morgan fingerprint density at radius 1 is 1.15 bits per heavy atom. The zero-order valence-electron chi connectivity index (χ0n) is 11.7. The predicted molar refractivity (Wildman–Crippen MR) is 79.5 cm³/mol. The third kappa shape index (κ3) is 3.81. The van der Waals surface area contributed by atoms with E-state index in [1.165, 1.54) is 6.07 Å². The first-order valence-corrected chi connectivity index (χ1v) is 6.84. The van der Waals surface area contributed by atoms with Crippen LogP contribution in [-0.2, 0) is 0 Å². The predicted octanol–water partition coefficient (Wildman–Crippen LogP) is 3.65. The Hall–Kier alpha value is -1.87. The van der Waals surface area contributed by atoms with Gasteiger partial charge in [-0.2, -0.15) is 0 Å². The van der Waals surface area contributed by atoms with Gasteiger partial charge in [-0.15, -0.1) is 0 Å². The first-order valence-electron chi connectivity index (χ1n) is 6.84. The highest BCUT2D eigenvalue weighted by atomic mass is 19.1. The normalized spacial score (nSPS) is 12.2. The van der Waals surface area contributed by atoms with Gasteiger partial charge >= 0.3 is 0 Å². The van der Waals surface area contributed by atoms with E-state index in [2.05, 4.69) is 0 Å². The zero-order valence-corrected chi connectivity index (χ0v) is 11.7. The maximum absolute atomic E-state index is 13.2.